The van der Waals surface area contributed by atoms with Gasteiger partial charge in [-0.1, -0.05) is 25.1 Å². The summed E-state index contributed by atoms with van der Waals surface area (Å²) >= 11 is 0. The van der Waals surface area contributed by atoms with Gasteiger partial charge in [-0.2, -0.15) is 0 Å². The average Bonchev–Trinajstić information content (AvgIpc) is 2.97. The number of hydrogen-bond donors (Lipinski definition) is 2. The van der Waals surface area contributed by atoms with Crippen LogP contribution in [0, 0.1) is 5.92 Å². The van der Waals surface area contributed by atoms with Gasteiger partial charge in [-0.3, -0.25) is 14.6 Å². The number of aliphatic carboxylic acids is 1. The van der Waals surface area contributed by atoms with E-state index in [-0.39, 0.29) is 12.5 Å². The molecule has 1 amide bonds. The molecule has 2 N–H and O–H groups in total. The third kappa shape index (κ3) is 2.54. The molecule has 0 spiro atoms. The zero-order chi connectivity index (χ0) is 15.7. The standard InChI is InChI=1S/C17H18N2O3/c1-10(17(21)22)9-18-16(20)15-11-5-2-3-7-13(11)19-14-8-4-6-12(14)15/h2-3,5,7,10H,4,6,8-9H2,1H3,(H,18,20)(H,21,22). The number of fused-ring (bicyclic) bond motifs is 2. The molecule has 0 radical (unpaired) electrons. The molecule has 114 valence electrons. The van der Waals surface area contributed by atoms with E-state index in [1.807, 2.05) is 24.3 Å². The summed E-state index contributed by atoms with van der Waals surface area (Å²) in [5.74, 6) is -1.72. The number of nitrogens with one attached hydrogen (secondary N) is 1. The quantitative estimate of drug-likeness (QED) is 0.906. The second-order valence-electron chi connectivity index (χ2n) is 5.73. The Morgan fingerprint density at radius 2 is 2.09 bits per heavy atom. The first-order valence-electron chi connectivity index (χ1n) is 7.49. The summed E-state index contributed by atoms with van der Waals surface area (Å²) in [6, 6.07) is 7.61. The lowest BCUT2D eigenvalue weighted by Crippen LogP contribution is -2.32. The maximum Gasteiger partial charge on any atom is 0.308 e. The Morgan fingerprint density at radius 3 is 2.86 bits per heavy atom. The van der Waals surface area contributed by atoms with Crippen LogP contribution in [-0.2, 0) is 17.6 Å². The van der Waals surface area contributed by atoms with Crippen molar-refractivity contribution in [1.82, 2.24) is 10.3 Å². The number of hydrogen-bond acceptors (Lipinski definition) is 3. The predicted octanol–water partition coefficient (Wildman–Crippen LogP) is 2.17. The van der Waals surface area contributed by atoms with Gasteiger partial charge in [0.15, 0.2) is 0 Å². The van der Waals surface area contributed by atoms with Gasteiger partial charge in [0.2, 0.25) is 0 Å². The highest BCUT2D eigenvalue weighted by atomic mass is 16.4. The van der Waals surface area contributed by atoms with Crippen molar-refractivity contribution in [3.8, 4) is 0 Å². The summed E-state index contributed by atoms with van der Waals surface area (Å²) in [7, 11) is 0. The van der Waals surface area contributed by atoms with E-state index in [1.165, 1.54) is 0 Å². The first kappa shape index (κ1) is 14.5. The number of carboxylic acids is 1. The fourth-order valence-corrected chi connectivity index (χ4v) is 2.89. The smallest absolute Gasteiger partial charge is 0.308 e. The number of carbonyl (C=O) groups excluding carboxylic acids is 1. The van der Waals surface area contributed by atoms with Crippen molar-refractivity contribution in [3.05, 3.63) is 41.1 Å². The molecular weight excluding hydrogens is 280 g/mol. The number of pyridine rings is 1. The molecule has 1 heterocycles. The molecule has 1 aromatic heterocycles. The van der Waals surface area contributed by atoms with E-state index in [0.717, 1.165) is 41.4 Å². The van der Waals surface area contributed by atoms with Gasteiger partial charge in [0.25, 0.3) is 5.91 Å². The number of rotatable bonds is 4. The maximum absolute atomic E-state index is 12.6. The van der Waals surface area contributed by atoms with E-state index in [9.17, 15) is 9.59 Å². The van der Waals surface area contributed by atoms with Crippen molar-refractivity contribution in [2.75, 3.05) is 6.54 Å². The van der Waals surface area contributed by atoms with Crippen LogP contribution < -0.4 is 5.32 Å². The number of para-hydroxylation sites is 1. The van der Waals surface area contributed by atoms with Crippen LogP contribution in [0.3, 0.4) is 0 Å². The number of carboxylic acid groups (broad SMARTS) is 1. The number of nitrogens with zero attached hydrogens (tertiary/aromatic N) is 1. The van der Waals surface area contributed by atoms with Gasteiger partial charge < -0.3 is 10.4 Å². The molecule has 5 heteroatoms. The minimum absolute atomic E-state index is 0.125. The lowest BCUT2D eigenvalue weighted by atomic mass is 10.0. The van der Waals surface area contributed by atoms with Gasteiger partial charge in [0.05, 0.1) is 17.0 Å². The Hall–Kier alpha value is -2.43. The van der Waals surface area contributed by atoms with Crippen molar-refractivity contribution in [1.29, 1.82) is 0 Å². The molecule has 3 rings (SSSR count). The number of aryl methyl sites for hydroxylation is 1. The van der Waals surface area contributed by atoms with E-state index in [4.69, 9.17) is 5.11 Å². The van der Waals surface area contributed by atoms with Gasteiger partial charge in [-0.05, 0) is 30.9 Å². The van der Waals surface area contributed by atoms with Crippen LogP contribution >= 0.6 is 0 Å². The second-order valence-corrected chi connectivity index (χ2v) is 5.73. The molecule has 0 saturated heterocycles. The Morgan fingerprint density at radius 1 is 1.32 bits per heavy atom. The van der Waals surface area contributed by atoms with Crippen LogP contribution in [0.15, 0.2) is 24.3 Å². The van der Waals surface area contributed by atoms with Crippen LogP contribution in [0.25, 0.3) is 10.9 Å². The summed E-state index contributed by atoms with van der Waals surface area (Å²) in [5, 5.41) is 12.5. The van der Waals surface area contributed by atoms with Crippen LogP contribution in [0.4, 0.5) is 0 Å². The van der Waals surface area contributed by atoms with Crippen LogP contribution in [0.5, 0.6) is 0 Å². The monoisotopic (exact) mass is 298 g/mol. The highest BCUT2D eigenvalue weighted by Crippen LogP contribution is 2.29. The number of amides is 1. The van der Waals surface area contributed by atoms with Gasteiger partial charge >= 0.3 is 5.97 Å². The van der Waals surface area contributed by atoms with E-state index in [2.05, 4.69) is 10.3 Å². The van der Waals surface area contributed by atoms with E-state index in [0.29, 0.717) is 5.56 Å². The number of carbonyl (C=O) groups is 2. The second kappa shape index (κ2) is 5.75. The molecular formula is C17H18N2O3. The third-order valence-electron chi connectivity index (χ3n) is 4.14. The van der Waals surface area contributed by atoms with Crippen molar-refractivity contribution >= 4 is 22.8 Å². The highest BCUT2D eigenvalue weighted by Gasteiger charge is 2.24. The normalized spacial score (nSPS) is 14.6. The lowest BCUT2D eigenvalue weighted by molar-refractivity contribution is -0.140. The molecule has 1 aromatic carbocycles. The summed E-state index contributed by atoms with van der Waals surface area (Å²) < 4.78 is 0. The fraction of sp³-hybridized carbons (Fsp3) is 0.353. The summed E-state index contributed by atoms with van der Waals surface area (Å²) in [5.41, 5.74) is 3.49. The Balaban J connectivity index is 1.98. The zero-order valence-corrected chi connectivity index (χ0v) is 12.4. The molecule has 0 bridgehead atoms. The zero-order valence-electron chi connectivity index (χ0n) is 12.4. The van der Waals surface area contributed by atoms with Crippen molar-refractivity contribution in [2.24, 2.45) is 5.92 Å². The predicted molar refractivity (Wildman–Crippen MR) is 82.9 cm³/mol. The topological polar surface area (TPSA) is 79.3 Å². The van der Waals surface area contributed by atoms with Gasteiger partial charge in [-0.25, -0.2) is 0 Å². The summed E-state index contributed by atoms with van der Waals surface area (Å²) in [6.07, 6.45) is 2.75. The molecule has 0 aliphatic heterocycles. The van der Waals surface area contributed by atoms with Gasteiger partial charge in [0, 0.05) is 17.6 Å². The van der Waals surface area contributed by atoms with Crippen LogP contribution in [0.1, 0.15) is 35.0 Å². The Labute approximate surface area is 128 Å². The molecule has 0 saturated carbocycles. The molecule has 1 aliphatic carbocycles. The third-order valence-corrected chi connectivity index (χ3v) is 4.14. The SMILES string of the molecule is CC(CNC(=O)c1c2c(nc3ccccc13)CCC2)C(=O)O. The van der Waals surface area contributed by atoms with Gasteiger partial charge in [0.1, 0.15) is 0 Å². The molecule has 1 atom stereocenters. The molecule has 1 aliphatic rings. The summed E-state index contributed by atoms with van der Waals surface area (Å²) in [6.45, 7) is 1.71. The number of benzene rings is 1. The van der Waals surface area contributed by atoms with Crippen molar-refractivity contribution in [2.45, 2.75) is 26.2 Å². The largest absolute Gasteiger partial charge is 0.481 e. The molecule has 5 nitrogen and oxygen atoms in total. The van der Waals surface area contributed by atoms with E-state index >= 15 is 0 Å². The molecule has 1 unspecified atom stereocenters. The van der Waals surface area contributed by atoms with E-state index in [1.54, 1.807) is 6.92 Å². The molecule has 2 aromatic rings. The van der Waals surface area contributed by atoms with Crippen molar-refractivity contribution in [3.63, 3.8) is 0 Å². The first-order chi connectivity index (χ1) is 10.6. The Kier molecular flexibility index (Phi) is 3.79. The molecule has 0 fully saturated rings. The van der Waals surface area contributed by atoms with E-state index < -0.39 is 11.9 Å². The Bertz CT molecular complexity index is 755. The number of aromatic nitrogens is 1. The fourth-order valence-electron chi connectivity index (χ4n) is 2.89. The maximum atomic E-state index is 12.6. The highest BCUT2D eigenvalue weighted by molar-refractivity contribution is 6.07. The summed E-state index contributed by atoms with van der Waals surface area (Å²) in [4.78, 5) is 28.1. The minimum atomic E-state index is -0.912. The van der Waals surface area contributed by atoms with Crippen LogP contribution in [-0.4, -0.2) is 28.5 Å². The first-order valence-corrected chi connectivity index (χ1v) is 7.49. The molecule has 22 heavy (non-hydrogen) atoms. The minimum Gasteiger partial charge on any atom is -0.481 e. The average molecular weight is 298 g/mol. The van der Waals surface area contributed by atoms with Crippen LogP contribution in [0.2, 0.25) is 0 Å². The van der Waals surface area contributed by atoms with Gasteiger partial charge in [-0.15, -0.1) is 0 Å². The lowest BCUT2D eigenvalue weighted by Gasteiger charge is -2.13. The van der Waals surface area contributed by atoms with Crippen molar-refractivity contribution < 1.29 is 14.7 Å².